The summed E-state index contributed by atoms with van der Waals surface area (Å²) in [4.78, 5) is 40.9. The largest absolute Gasteiger partial charge is 0.423 e. The number of hydrogen-bond donors (Lipinski definition) is 2. The topological polar surface area (TPSA) is 129 Å². The minimum Gasteiger partial charge on any atom is -0.423 e. The van der Waals surface area contributed by atoms with Crippen LogP contribution in [0.3, 0.4) is 0 Å². The number of amides is 3. The Bertz CT molecular complexity index is 1430. The van der Waals surface area contributed by atoms with Crippen LogP contribution in [0.2, 0.25) is 0 Å². The van der Waals surface area contributed by atoms with Crippen LogP contribution in [0.4, 0.5) is 0 Å². The van der Waals surface area contributed by atoms with Crippen LogP contribution in [0.1, 0.15) is 60.2 Å². The van der Waals surface area contributed by atoms with Crippen molar-refractivity contribution in [1.29, 1.82) is 0 Å². The van der Waals surface area contributed by atoms with Gasteiger partial charge in [-0.1, -0.05) is 38.1 Å². The van der Waals surface area contributed by atoms with E-state index < -0.39 is 23.0 Å². The first kappa shape index (κ1) is 25.4. The smallest absolute Gasteiger partial charge is 0.255 e. The molecule has 2 N–H and O–H groups in total. The Labute approximate surface area is 226 Å². The molecular weight excluding hydrogens is 498 g/mol. The summed E-state index contributed by atoms with van der Waals surface area (Å²) in [6, 6.07) is 12.9. The Morgan fingerprint density at radius 1 is 1.13 bits per heavy atom. The van der Waals surface area contributed by atoms with E-state index in [1.54, 1.807) is 6.07 Å². The van der Waals surface area contributed by atoms with Gasteiger partial charge >= 0.3 is 0 Å². The average Bonchev–Trinajstić information content (AvgIpc) is 3.55. The van der Waals surface area contributed by atoms with Crippen LogP contribution in [0.5, 0.6) is 0 Å². The quantitative estimate of drug-likeness (QED) is 0.483. The molecule has 1 unspecified atom stereocenters. The fraction of sp³-hybridized carbons (Fsp3) is 0.414. The van der Waals surface area contributed by atoms with Gasteiger partial charge in [0.1, 0.15) is 6.04 Å². The summed E-state index contributed by atoms with van der Waals surface area (Å²) < 4.78 is 5.27. The lowest BCUT2D eigenvalue weighted by atomic mass is 9.66. The molecule has 10 nitrogen and oxygen atoms in total. The number of fused-ring (bicyclic) bond motifs is 1. The number of rotatable bonds is 5. The van der Waals surface area contributed by atoms with Crippen LogP contribution < -0.4 is 5.32 Å². The van der Waals surface area contributed by atoms with Gasteiger partial charge in [-0.15, -0.1) is 10.2 Å². The first-order chi connectivity index (χ1) is 18.6. The van der Waals surface area contributed by atoms with Crippen molar-refractivity contribution < 1.29 is 23.9 Å². The molecule has 2 fully saturated rings. The maximum Gasteiger partial charge on any atom is 0.255 e. The maximum atomic E-state index is 13.1. The third-order valence-corrected chi connectivity index (χ3v) is 8.50. The first-order valence-electron chi connectivity index (χ1n) is 13.2. The van der Waals surface area contributed by atoms with Gasteiger partial charge in [-0.3, -0.25) is 24.6 Å². The number of likely N-dealkylation sites (tertiary alicyclic amines) is 1. The molecule has 3 amide bonds. The molecule has 2 saturated heterocycles. The summed E-state index contributed by atoms with van der Waals surface area (Å²) in [5.74, 6) is -0.456. The van der Waals surface area contributed by atoms with Crippen LogP contribution in [0.15, 0.2) is 53.3 Å². The SMILES string of the molecule is CC1(C)CN(Cc2ccc(-c3nnco3)cc2)CC[C@@]1(O)c1ccc2c(c1)CN(C1CCC(=O)NC1=O)C2=O. The van der Waals surface area contributed by atoms with Gasteiger partial charge in [-0.25, -0.2) is 0 Å². The summed E-state index contributed by atoms with van der Waals surface area (Å²) in [6.45, 7) is 6.59. The molecule has 39 heavy (non-hydrogen) atoms. The lowest BCUT2D eigenvalue weighted by molar-refractivity contribution is -0.136. The van der Waals surface area contributed by atoms with Gasteiger partial charge < -0.3 is 14.4 Å². The molecule has 4 heterocycles. The number of aromatic nitrogens is 2. The van der Waals surface area contributed by atoms with E-state index in [-0.39, 0.29) is 24.8 Å². The predicted molar refractivity (Wildman–Crippen MR) is 140 cm³/mol. The van der Waals surface area contributed by atoms with E-state index in [1.807, 2.05) is 24.3 Å². The zero-order valence-electron chi connectivity index (χ0n) is 22.0. The average molecular weight is 530 g/mol. The lowest BCUT2D eigenvalue weighted by Gasteiger charge is -2.50. The molecule has 2 aromatic carbocycles. The Balaban J connectivity index is 1.16. The monoisotopic (exact) mass is 529 g/mol. The van der Waals surface area contributed by atoms with E-state index >= 15 is 0 Å². The molecule has 3 aromatic rings. The second-order valence-corrected chi connectivity index (χ2v) is 11.4. The van der Waals surface area contributed by atoms with Crippen molar-refractivity contribution in [2.45, 2.75) is 57.8 Å². The molecule has 202 valence electrons. The van der Waals surface area contributed by atoms with Crippen molar-refractivity contribution in [2.75, 3.05) is 13.1 Å². The van der Waals surface area contributed by atoms with Crippen molar-refractivity contribution >= 4 is 17.7 Å². The second-order valence-electron chi connectivity index (χ2n) is 11.4. The summed E-state index contributed by atoms with van der Waals surface area (Å²) in [5, 5.41) is 22.0. The van der Waals surface area contributed by atoms with Gasteiger partial charge in [0, 0.05) is 49.1 Å². The fourth-order valence-corrected chi connectivity index (χ4v) is 6.24. The number of nitrogens with zero attached hydrogens (tertiary/aromatic N) is 4. The molecule has 0 spiro atoms. The Morgan fingerprint density at radius 3 is 2.62 bits per heavy atom. The van der Waals surface area contributed by atoms with Gasteiger partial charge in [-0.05, 0) is 47.7 Å². The Morgan fingerprint density at radius 2 is 1.92 bits per heavy atom. The van der Waals surface area contributed by atoms with Crippen LogP contribution in [-0.4, -0.2) is 62.0 Å². The third-order valence-electron chi connectivity index (χ3n) is 8.50. The Kier molecular flexibility index (Phi) is 6.11. The minimum absolute atomic E-state index is 0.211. The fourth-order valence-electron chi connectivity index (χ4n) is 6.24. The van der Waals surface area contributed by atoms with E-state index in [4.69, 9.17) is 4.42 Å². The van der Waals surface area contributed by atoms with Crippen molar-refractivity contribution in [1.82, 2.24) is 25.3 Å². The highest BCUT2D eigenvalue weighted by Gasteiger charge is 2.49. The zero-order valence-corrected chi connectivity index (χ0v) is 22.0. The molecule has 3 aliphatic rings. The minimum atomic E-state index is -1.08. The van der Waals surface area contributed by atoms with E-state index in [9.17, 15) is 19.5 Å². The van der Waals surface area contributed by atoms with E-state index in [0.29, 0.717) is 37.4 Å². The molecule has 3 aliphatic heterocycles. The number of piperidine rings is 2. The molecule has 0 saturated carbocycles. The molecule has 1 aromatic heterocycles. The highest BCUT2D eigenvalue weighted by molar-refractivity contribution is 6.05. The standard InChI is InChI=1S/C29H31N5O5/c1-28(2)16-33(14-18-3-5-19(6-4-18)26-32-30-17-39-26)12-11-29(28,38)21-7-8-22-20(13-21)15-34(27(22)37)23-9-10-24(35)31-25(23)36/h3-8,13,17,23,38H,9-12,14-16H2,1-2H3,(H,31,35,36)/t23?,29-/m1/s1. The van der Waals surface area contributed by atoms with Crippen LogP contribution in [-0.2, 0) is 28.3 Å². The molecule has 10 heteroatoms. The van der Waals surface area contributed by atoms with E-state index in [2.05, 4.69) is 46.4 Å². The summed E-state index contributed by atoms with van der Waals surface area (Å²) >= 11 is 0. The zero-order chi connectivity index (χ0) is 27.4. The van der Waals surface area contributed by atoms with E-state index in [0.717, 1.165) is 28.8 Å². The summed E-state index contributed by atoms with van der Waals surface area (Å²) in [6.07, 6.45) is 2.40. The summed E-state index contributed by atoms with van der Waals surface area (Å²) in [5.41, 5.74) is 2.62. The second kappa shape index (κ2) is 9.39. The molecule has 2 atom stereocenters. The maximum absolute atomic E-state index is 13.1. The number of carbonyl (C=O) groups is 3. The molecule has 0 bridgehead atoms. The molecule has 0 aliphatic carbocycles. The number of imide groups is 1. The molecular formula is C29H31N5O5. The molecule has 6 rings (SSSR count). The van der Waals surface area contributed by atoms with Gasteiger partial charge in [0.2, 0.25) is 24.1 Å². The van der Waals surface area contributed by atoms with Gasteiger partial charge in [0.05, 0.1) is 5.60 Å². The van der Waals surface area contributed by atoms with Crippen molar-refractivity contribution in [3.05, 3.63) is 71.1 Å². The first-order valence-corrected chi connectivity index (χ1v) is 13.2. The highest BCUT2D eigenvalue weighted by Crippen LogP contribution is 2.47. The van der Waals surface area contributed by atoms with Crippen molar-refractivity contribution in [2.24, 2.45) is 5.41 Å². The predicted octanol–water partition coefficient (Wildman–Crippen LogP) is 2.62. The number of benzene rings is 2. The van der Waals surface area contributed by atoms with Gasteiger partial charge in [0.25, 0.3) is 5.91 Å². The summed E-state index contributed by atoms with van der Waals surface area (Å²) in [7, 11) is 0. The van der Waals surface area contributed by atoms with Crippen LogP contribution in [0.25, 0.3) is 11.5 Å². The number of aliphatic hydroxyl groups is 1. The van der Waals surface area contributed by atoms with Crippen LogP contribution in [0, 0.1) is 5.41 Å². The lowest BCUT2D eigenvalue weighted by Crippen LogP contribution is -2.55. The Hall–Kier alpha value is -3.89. The van der Waals surface area contributed by atoms with Gasteiger partial charge in [-0.2, -0.15) is 0 Å². The van der Waals surface area contributed by atoms with E-state index in [1.165, 1.54) is 11.3 Å². The number of carbonyl (C=O) groups excluding carboxylic acids is 3. The third kappa shape index (κ3) is 4.43. The number of nitrogens with one attached hydrogen (secondary N) is 1. The normalized spacial score (nSPS) is 25.1. The van der Waals surface area contributed by atoms with Crippen molar-refractivity contribution in [3.63, 3.8) is 0 Å². The molecule has 0 radical (unpaired) electrons. The van der Waals surface area contributed by atoms with Crippen molar-refractivity contribution in [3.8, 4) is 11.5 Å². The number of hydrogen-bond acceptors (Lipinski definition) is 8. The van der Waals surface area contributed by atoms with Crippen LogP contribution >= 0.6 is 0 Å². The highest BCUT2D eigenvalue weighted by atomic mass is 16.4. The van der Waals surface area contributed by atoms with Gasteiger partial charge in [0.15, 0.2) is 0 Å².